The minimum absolute atomic E-state index is 0.00760. The fourth-order valence-corrected chi connectivity index (χ4v) is 4.50. The minimum Gasteiger partial charge on any atom is -0.484 e. The Bertz CT molecular complexity index is 979. The number of carbonyl (C=O) groups excluding carboxylic acids is 2. The van der Waals surface area contributed by atoms with Gasteiger partial charge in [0.05, 0.1) is 6.04 Å². The molecular formula is C23H21NO3S. The monoisotopic (exact) mass is 391 g/mol. The number of nitrogens with zero attached hydrogens (tertiary/aromatic N) is 1. The zero-order valence-electron chi connectivity index (χ0n) is 15.6. The van der Waals surface area contributed by atoms with Gasteiger partial charge < -0.3 is 9.64 Å². The summed E-state index contributed by atoms with van der Waals surface area (Å²) in [5, 5.41) is 2.10. The van der Waals surface area contributed by atoms with Crippen molar-refractivity contribution in [3.05, 3.63) is 87.6 Å². The average Bonchev–Trinajstić information content (AvgIpc) is 3.21. The van der Waals surface area contributed by atoms with Gasteiger partial charge >= 0.3 is 0 Å². The summed E-state index contributed by atoms with van der Waals surface area (Å²) in [4.78, 5) is 27.6. The van der Waals surface area contributed by atoms with Crippen LogP contribution in [-0.4, -0.2) is 29.7 Å². The number of amides is 1. The summed E-state index contributed by atoms with van der Waals surface area (Å²) in [6.07, 6.45) is 0.870. The largest absolute Gasteiger partial charge is 0.484 e. The Balaban J connectivity index is 1.52. The molecule has 0 fully saturated rings. The molecular weight excluding hydrogens is 370 g/mol. The summed E-state index contributed by atoms with van der Waals surface area (Å²) in [6, 6.07) is 19.1. The molecule has 142 valence electrons. The first kappa shape index (κ1) is 18.4. The highest BCUT2D eigenvalue weighted by Crippen LogP contribution is 2.37. The van der Waals surface area contributed by atoms with Gasteiger partial charge in [0.1, 0.15) is 5.75 Å². The molecule has 0 saturated heterocycles. The van der Waals surface area contributed by atoms with Gasteiger partial charge in [-0.1, -0.05) is 30.3 Å². The zero-order chi connectivity index (χ0) is 19.5. The van der Waals surface area contributed by atoms with Crippen molar-refractivity contribution in [3.63, 3.8) is 0 Å². The zero-order valence-corrected chi connectivity index (χ0v) is 16.4. The van der Waals surface area contributed by atoms with Crippen molar-refractivity contribution in [1.82, 2.24) is 4.90 Å². The fourth-order valence-electron chi connectivity index (χ4n) is 3.59. The molecule has 0 spiro atoms. The number of thiophene rings is 1. The molecule has 1 aliphatic rings. The summed E-state index contributed by atoms with van der Waals surface area (Å²) in [5.41, 5.74) is 2.95. The number of carbonyl (C=O) groups is 2. The Hall–Kier alpha value is -2.92. The van der Waals surface area contributed by atoms with Gasteiger partial charge in [-0.2, -0.15) is 0 Å². The number of benzene rings is 2. The van der Waals surface area contributed by atoms with E-state index in [1.807, 2.05) is 23.1 Å². The van der Waals surface area contributed by atoms with E-state index in [4.69, 9.17) is 4.74 Å². The first-order valence-corrected chi connectivity index (χ1v) is 10.2. The Labute approximate surface area is 168 Å². The smallest absolute Gasteiger partial charge is 0.261 e. The van der Waals surface area contributed by atoms with Crippen LogP contribution in [0.1, 0.15) is 39.3 Å². The van der Waals surface area contributed by atoms with Gasteiger partial charge in [0.15, 0.2) is 12.4 Å². The maximum absolute atomic E-state index is 13.0. The normalized spacial score (nSPS) is 15.8. The van der Waals surface area contributed by atoms with Gasteiger partial charge in [0, 0.05) is 17.0 Å². The highest BCUT2D eigenvalue weighted by molar-refractivity contribution is 7.10. The third kappa shape index (κ3) is 3.71. The van der Waals surface area contributed by atoms with Crippen molar-refractivity contribution in [1.29, 1.82) is 0 Å². The van der Waals surface area contributed by atoms with Gasteiger partial charge in [-0.25, -0.2) is 0 Å². The van der Waals surface area contributed by atoms with Crippen LogP contribution in [0.2, 0.25) is 0 Å². The second-order valence-electron chi connectivity index (χ2n) is 6.82. The lowest BCUT2D eigenvalue weighted by molar-refractivity contribution is -0.135. The van der Waals surface area contributed by atoms with Crippen LogP contribution in [-0.2, 0) is 11.2 Å². The minimum atomic E-state index is -0.0765. The van der Waals surface area contributed by atoms with Crippen LogP contribution in [0, 0.1) is 0 Å². The first-order chi connectivity index (χ1) is 13.6. The molecule has 0 saturated carbocycles. The topological polar surface area (TPSA) is 46.6 Å². The molecule has 2 aromatic carbocycles. The molecule has 1 aliphatic heterocycles. The van der Waals surface area contributed by atoms with Crippen LogP contribution in [0.5, 0.6) is 5.75 Å². The molecule has 0 aliphatic carbocycles. The summed E-state index contributed by atoms with van der Waals surface area (Å²) in [5.74, 6) is 0.553. The van der Waals surface area contributed by atoms with E-state index in [2.05, 4.69) is 23.6 Å². The van der Waals surface area contributed by atoms with Crippen molar-refractivity contribution < 1.29 is 14.3 Å². The van der Waals surface area contributed by atoms with Crippen molar-refractivity contribution in [2.24, 2.45) is 0 Å². The number of fused-ring (bicyclic) bond motifs is 1. The Morgan fingerprint density at radius 3 is 2.54 bits per heavy atom. The molecule has 0 N–H and O–H groups in total. The van der Waals surface area contributed by atoms with Crippen LogP contribution in [0.4, 0.5) is 0 Å². The van der Waals surface area contributed by atoms with Gasteiger partial charge in [-0.05, 0) is 60.2 Å². The Morgan fingerprint density at radius 1 is 1.07 bits per heavy atom. The third-order valence-electron chi connectivity index (χ3n) is 5.02. The molecule has 1 amide bonds. The highest BCUT2D eigenvalue weighted by Gasteiger charge is 2.32. The first-order valence-electron chi connectivity index (χ1n) is 9.28. The SMILES string of the molecule is CC(=O)c1ccc(OCC(=O)N2CCc3sccc3C2c2ccccc2)cc1. The van der Waals surface area contributed by atoms with Gasteiger partial charge in [-0.3, -0.25) is 9.59 Å². The Kier molecular flexibility index (Phi) is 5.26. The highest BCUT2D eigenvalue weighted by atomic mass is 32.1. The number of rotatable bonds is 5. The van der Waals surface area contributed by atoms with E-state index < -0.39 is 0 Å². The molecule has 1 atom stereocenters. The maximum atomic E-state index is 13.0. The van der Waals surface area contributed by atoms with Crippen molar-refractivity contribution in [2.45, 2.75) is 19.4 Å². The van der Waals surface area contributed by atoms with Crippen LogP contribution < -0.4 is 4.74 Å². The standard InChI is InChI=1S/C23H21NO3S/c1-16(25)17-7-9-19(10-8-17)27-15-22(26)24-13-11-21-20(12-14-28-21)23(24)18-5-3-2-4-6-18/h2-10,12,14,23H,11,13,15H2,1H3. The predicted octanol–water partition coefficient (Wildman–Crippen LogP) is 4.50. The molecule has 4 nitrogen and oxygen atoms in total. The quantitative estimate of drug-likeness (QED) is 0.602. The summed E-state index contributed by atoms with van der Waals surface area (Å²) >= 11 is 1.75. The van der Waals surface area contributed by atoms with E-state index in [-0.39, 0.29) is 24.3 Å². The average molecular weight is 391 g/mol. The summed E-state index contributed by atoms with van der Waals surface area (Å²) < 4.78 is 5.71. The number of hydrogen-bond acceptors (Lipinski definition) is 4. The van der Waals surface area contributed by atoms with Gasteiger partial charge in [0.25, 0.3) is 5.91 Å². The lowest BCUT2D eigenvalue weighted by atomic mass is 9.93. The van der Waals surface area contributed by atoms with Crippen LogP contribution in [0.25, 0.3) is 0 Å². The summed E-state index contributed by atoms with van der Waals surface area (Å²) in [6.45, 7) is 2.18. The van der Waals surface area contributed by atoms with Crippen molar-refractivity contribution in [2.75, 3.05) is 13.2 Å². The predicted molar refractivity (Wildman–Crippen MR) is 110 cm³/mol. The van der Waals surface area contributed by atoms with Crippen LogP contribution in [0.15, 0.2) is 66.0 Å². The second-order valence-corrected chi connectivity index (χ2v) is 7.82. The Morgan fingerprint density at radius 2 is 1.82 bits per heavy atom. The molecule has 3 aromatic rings. The van der Waals surface area contributed by atoms with Crippen molar-refractivity contribution in [3.8, 4) is 5.75 Å². The molecule has 1 aromatic heterocycles. The molecule has 28 heavy (non-hydrogen) atoms. The molecule has 4 rings (SSSR count). The van der Waals surface area contributed by atoms with Crippen LogP contribution in [0.3, 0.4) is 0 Å². The molecule has 0 bridgehead atoms. The lowest BCUT2D eigenvalue weighted by Crippen LogP contribution is -2.42. The number of ether oxygens (including phenoxy) is 1. The van der Waals surface area contributed by atoms with E-state index in [0.29, 0.717) is 17.9 Å². The van der Waals surface area contributed by atoms with E-state index >= 15 is 0 Å². The number of hydrogen-bond donors (Lipinski definition) is 0. The van der Waals surface area contributed by atoms with Gasteiger partial charge in [0.2, 0.25) is 0 Å². The van der Waals surface area contributed by atoms with E-state index in [0.717, 1.165) is 12.0 Å². The van der Waals surface area contributed by atoms with Crippen molar-refractivity contribution >= 4 is 23.0 Å². The third-order valence-corrected chi connectivity index (χ3v) is 6.02. The van der Waals surface area contributed by atoms with Gasteiger partial charge in [-0.15, -0.1) is 11.3 Å². The van der Waals surface area contributed by atoms with Crippen LogP contribution >= 0.6 is 11.3 Å². The van der Waals surface area contributed by atoms with E-state index in [1.54, 1.807) is 35.6 Å². The molecule has 1 unspecified atom stereocenters. The molecule has 5 heteroatoms. The fraction of sp³-hybridized carbons (Fsp3) is 0.217. The lowest BCUT2D eigenvalue weighted by Gasteiger charge is -2.36. The van der Waals surface area contributed by atoms with E-state index in [1.165, 1.54) is 17.4 Å². The maximum Gasteiger partial charge on any atom is 0.261 e. The van der Waals surface area contributed by atoms with E-state index in [9.17, 15) is 9.59 Å². The second kappa shape index (κ2) is 7.98. The molecule has 2 heterocycles. The number of ketones is 1. The summed E-state index contributed by atoms with van der Waals surface area (Å²) in [7, 11) is 0. The number of Topliss-reactive ketones (excluding diaryl/α,β-unsaturated/α-hetero) is 1. The molecule has 0 radical (unpaired) electrons.